The lowest BCUT2D eigenvalue weighted by Gasteiger charge is -2.21. The van der Waals surface area contributed by atoms with E-state index in [4.69, 9.17) is 5.26 Å². The maximum Gasteiger partial charge on any atom is 0.0886 e. The lowest BCUT2D eigenvalue weighted by atomic mass is 9.86. The topological polar surface area (TPSA) is 63.9 Å². The molecule has 2 atom stereocenters. The van der Waals surface area contributed by atoms with E-state index in [-0.39, 0.29) is 11.8 Å². The van der Waals surface area contributed by atoms with Crippen LogP contribution in [0.25, 0.3) is 0 Å². The molecule has 0 saturated heterocycles. The van der Waals surface area contributed by atoms with Gasteiger partial charge in [-0.3, -0.25) is 0 Å². The highest BCUT2D eigenvalue weighted by Crippen LogP contribution is 2.18. The van der Waals surface area contributed by atoms with Crippen molar-refractivity contribution < 1.29 is 9.90 Å². The number of hydrogen-bond donors (Lipinski definition) is 0. The van der Waals surface area contributed by atoms with Gasteiger partial charge in [-0.2, -0.15) is 5.26 Å². The number of carbonyl (C=O) groups is 1. The van der Waals surface area contributed by atoms with Gasteiger partial charge in [-0.1, -0.05) is 20.8 Å². The molecule has 0 aromatic heterocycles. The number of hydrogen-bond acceptors (Lipinski definition) is 3. The fourth-order valence-electron chi connectivity index (χ4n) is 0.770. The normalized spacial score (nSPS) is 15.5. The highest BCUT2D eigenvalue weighted by Gasteiger charge is 2.20. The fourth-order valence-corrected chi connectivity index (χ4v) is 0.770. The molecule has 11 heavy (non-hydrogen) atoms. The van der Waals surface area contributed by atoms with Crippen LogP contribution in [0.5, 0.6) is 0 Å². The number of aliphatic carboxylic acids is 1. The van der Waals surface area contributed by atoms with Crippen LogP contribution in [0, 0.1) is 29.1 Å². The third-order valence-electron chi connectivity index (χ3n) is 1.97. The van der Waals surface area contributed by atoms with Crippen molar-refractivity contribution in [2.75, 3.05) is 0 Å². The van der Waals surface area contributed by atoms with E-state index in [0.717, 1.165) is 0 Å². The first-order valence-electron chi connectivity index (χ1n) is 3.61. The lowest BCUT2D eigenvalue weighted by Crippen LogP contribution is -2.35. The van der Waals surface area contributed by atoms with E-state index >= 15 is 0 Å². The van der Waals surface area contributed by atoms with E-state index in [1.54, 1.807) is 13.0 Å². The van der Waals surface area contributed by atoms with Crippen molar-refractivity contribution >= 4 is 5.97 Å². The van der Waals surface area contributed by atoms with E-state index < -0.39 is 11.9 Å². The SMILES string of the molecule is CC(C)C(C)C(C#N)C(=O)[O-]. The van der Waals surface area contributed by atoms with Crippen LogP contribution in [0.2, 0.25) is 0 Å². The average Bonchev–Trinajstić information content (AvgIpc) is 1.88. The van der Waals surface area contributed by atoms with Gasteiger partial charge in [0.05, 0.1) is 18.0 Å². The molecular weight excluding hydrogens is 142 g/mol. The van der Waals surface area contributed by atoms with Gasteiger partial charge in [0.2, 0.25) is 0 Å². The molecule has 0 aliphatic rings. The Hall–Kier alpha value is -1.04. The second kappa shape index (κ2) is 3.97. The summed E-state index contributed by atoms with van der Waals surface area (Å²) in [5.41, 5.74) is 0. The molecule has 0 amide bonds. The van der Waals surface area contributed by atoms with Crippen molar-refractivity contribution in [3.05, 3.63) is 0 Å². The second-order valence-electron chi connectivity index (χ2n) is 3.03. The molecule has 2 unspecified atom stereocenters. The highest BCUT2D eigenvalue weighted by atomic mass is 16.4. The molecule has 0 fully saturated rings. The summed E-state index contributed by atoms with van der Waals surface area (Å²) in [6.07, 6.45) is 0. The predicted molar refractivity (Wildman–Crippen MR) is 38.1 cm³/mol. The molecule has 62 valence electrons. The number of rotatable bonds is 3. The zero-order chi connectivity index (χ0) is 9.02. The molecule has 3 nitrogen and oxygen atoms in total. The lowest BCUT2D eigenvalue weighted by molar-refractivity contribution is -0.311. The molecule has 0 spiro atoms. The van der Waals surface area contributed by atoms with E-state index in [2.05, 4.69) is 0 Å². The Morgan fingerprint density at radius 2 is 1.91 bits per heavy atom. The summed E-state index contributed by atoms with van der Waals surface area (Å²) in [5, 5.41) is 18.8. The minimum Gasteiger partial charge on any atom is -0.549 e. The summed E-state index contributed by atoms with van der Waals surface area (Å²) >= 11 is 0. The summed E-state index contributed by atoms with van der Waals surface area (Å²) in [4.78, 5) is 10.3. The predicted octanol–water partition coefficient (Wildman–Crippen LogP) is 0.168. The van der Waals surface area contributed by atoms with Crippen molar-refractivity contribution in [3.63, 3.8) is 0 Å². The third kappa shape index (κ3) is 2.58. The Morgan fingerprint density at radius 3 is 2.00 bits per heavy atom. The summed E-state index contributed by atoms with van der Waals surface area (Å²) in [6, 6.07) is 1.72. The molecule has 0 bridgehead atoms. The highest BCUT2D eigenvalue weighted by molar-refractivity contribution is 5.71. The summed E-state index contributed by atoms with van der Waals surface area (Å²) in [6.45, 7) is 5.52. The van der Waals surface area contributed by atoms with Crippen LogP contribution in [0.3, 0.4) is 0 Å². The first-order chi connectivity index (χ1) is 5.00. The van der Waals surface area contributed by atoms with Crippen LogP contribution >= 0.6 is 0 Å². The summed E-state index contributed by atoms with van der Waals surface area (Å²) in [7, 11) is 0. The van der Waals surface area contributed by atoms with Crippen LogP contribution in [-0.2, 0) is 4.79 Å². The molecule has 3 heteroatoms. The van der Waals surface area contributed by atoms with Crippen LogP contribution < -0.4 is 5.11 Å². The van der Waals surface area contributed by atoms with Crippen molar-refractivity contribution in [2.24, 2.45) is 17.8 Å². The fraction of sp³-hybridized carbons (Fsp3) is 0.750. The molecule has 0 heterocycles. The van der Waals surface area contributed by atoms with Crippen molar-refractivity contribution in [1.82, 2.24) is 0 Å². The number of carboxylic acids is 1. The number of nitrogens with zero attached hydrogens (tertiary/aromatic N) is 1. The van der Waals surface area contributed by atoms with E-state index in [1.165, 1.54) is 0 Å². The Labute approximate surface area is 66.6 Å². The summed E-state index contributed by atoms with van der Waals surface area (Å²) < 4.78 is 0. The van der Waals surface area contributed by atoms with Gasteiger partial charge in [-0.25, -0.2) is 0 Å². The minimum absolute atomic E-state index is 0.148. The van der Waals surface area contributed by atoms with Crippen LogP contribution in [0.1, 0.15) is 20.8 Å². The maximum absolute atomic E-state index is 10.3. The molecule has 0 radical (unpaired) electrons. The van der Waals surface area contributed by atoms with E-state index in [0.29, 0.717) is 0 Å². The first-order valence-corrected chi connectivity index (χ1v) is 3.61. The van der Waals surface area contributed by atoms with Crippen LogP contribution in [0.4, 0.5) is 0 Å². The molecule has 0 N–H and O–H groups in total. The summed E-state index contributed by atoms with van der Waals surface area (Å²) in [5.74, 6) is -2.20. The van der Waals surface area contributed by atoms with Gasteiger partial charge in [-0.15, -0.1) is 0 Å². The monoisotopic (exact) mass is 154 g/mol. The van der Waals surface area contributed by atoms with Crippen molar-refractivity contribution in [2.45, 2.75) is 20.8 Å². The molecule has 0 aromatic carbocycles. The van der Waals surface area contributed by atoms with Crippen LogP contribution in [-0.4, -0.2) is 5.97 Å². The largest absolute Gasteiger partial charge is 0.549 e. The van der Waals surface area contributed by atoms with E-state index in [9.17, 15) is 9.90 Å². The Balaban J connectivity index is 4.29. The average molecular weight is 154 g/mol. The zero-order valence-electron chi connectivity index (χ0n) is 7.00. The zero-order valence-corrected chi connectivity index (χ0v) is 7.00. The molecule has 0 saturated carbocycles. The van der Waals surface area contributed by atoms with Crippen molar-refractivity contribution in [1.29, 1.82) is 5.26 Å². The van der Waals surface area contributed by atoms with Gasteiger partial charge in [0.25, 0.3) is 0 Å². The quantitative estimate of drug-likeness (QED) is 0.582. The number of carboxylic acid groups (broad SMARTS) is 1. The molecule has 0 aromatic rings. The number of nitriles is 1. The Morgan fingerprint density at radius 1 is 1.45 bits per heavy atom. The molecular formula is C8H12NO2-. The van der Waals surface area contributed by atoms with Gasteiger partial charge >= 0.3 is 0 Å². The van der Waals surface area contributed by atoms with Gasteiger partial charge in [-0.05, 0) is 11.8 Å². The van der Waals surface area contributed by atoms with Gasteiger partial charge in [0, 0.05) is 0 Å². The van der Waals surface area contributed by atoms with Gasteiger partial charge in [0.15, 0.2) is 0 Å². The molecule has 0 rings (SSSR count). The standard InChI is InChI=1S/C8H13NO2/c1-5(2)6(3)7(4-9)8(10)11/h5-7H,1-3H3,(H,10,11)/p-1. The molecule has 0 aliphatic heterocycles. The van der Waals surface area contributed by atoms with Gasteiger partial charge < -0.3 is 9.90 Å². The third-order valence-corrected chi connectivity index (χ3v) is 1.97. The minimum atomic E-state index is -1.27. The van der Waals surface area contributed by atoms with Gasteiger partial charge in [0.1, 0.15) is 0 Å². The first kappa shape index (κ1) is 9.96. The van der Waals surface area contributed by atoms with Crippen LogP contribution in [0.15, 0.2) is 0 Å². The Bertz CT molecular complexity index is 181. The number of carbonyl (C=O) groups excluding carboxylic acids is 1. The smallest absolute Gasteiger partial charge is 0.0886 e. The van der Waals surface area contributed by atoms with Crippen molar-refractivity contribution in [3.8, 4) is 6.07 Å². The second-order valence-corrected chi connectivity index (χ2v) is 3.03. The maximum atomic E-state index is 10.3. The van der Waals surface area contributed by atoms with E-state index in [1.807, 2.05) is 13.8 Å². The molecule has 0 aliphatic carbocycles. The Kier molecular flexibility index (Phi) is 3.59.